The van der Waals surface area contributed by atoms with Gasteiger partial charge in [0.15, 0.2) is 0 Å². The van der Waals surface area contributed by atoms with Crippen LogP contribution < -0.4 is 16.4 Å². The minimum absolute atomic E-state index is 0.00163. The molecular weight excluding hydrogens is 326 g/mol. The van der Waals surface area contributed by atoms with Crippen molar-refractivity contribution in [2.45, 2.75) is 5.79 Å². The van der Waals surface area contributed by atoms with E-state index in [0.29, 0.717) is 5.69 Å². The van der Waals surface area contributed by atoms with Crippen molar-refractivity contribution < 1.29 is 19.1 Å². The van der Waals surface area contributed by atoms with Crippen molar-refractivity contribution >= 4 is 17.8 Å². The number of anilines is 1. The Balaban J connectivity index is 2.04. The Morgan fingerprint density at radius 2 is 1.92 bits per heavy atom. The summed E-state index contributed by atoms with van der Waals surface area (Å²) in [5.41, 5.74) is 5.72. The molecule has 2 aromatic heterocycles. The van der Waals surface area contributed by atoms with Gasteiger partial charge in [0, 0.05) is 20.4 Å². The van der Waals surface area contributed by atoms with Gasteiger partial charge in [-0.1, -0.05) is 12.1 Å². The number of ether oxygens (including phenoxy) is 2. The van der Waals surface area contributed by atoms with E-state index in [1.807, 2.05) is 0 Å². The molecule has 0 bridgehead atoms. The number of carbonyl (C=O) groups excluding carboxylic acids is 2. The molecule has 0 saturated heterocycles. The van der Waals surface area contributed by atoms with E-state index in [0.717, 1.165) is 0 Å². The van der Waals surface area contributed by atoms with Gasteiger partial charge in [0.2, 0.25) is 5.79 Å². The molecule has 0 aromatic carbocycles. The smallest absolute Gasteiger partial charge is 0.320 e. The summed E-state index contributed by atoms with van der Waals surface area (Å²) in [6, 6.07) is 9.27. The molecule has 3 amide bonds. The van der Waals surface area contributed by atoms with Gasteiger partial charge < -0.3 is 20.5 Å². The van der Waals surface area contributed by atoms with Gasteiger partial charge in [0.05, 0.1) is 6.54 Å². The third-order valence-electron chi connectivity index (χ3n) is 3.44. The highest BCUT2D eigenvalue weighted by Gasteiger charge is 2.34. The average Bonchev–Trinajstić information content (AvgIpc) is 2.64. The second-order valence-corrected chi connectivity index (χ2v) is 4.96. The fraction of sp³-hybridized carbons (Fsp3) is 0.250. The lowest BCUT2D eigenvalue weighted by atomic mass is 10.1. The van der Waals surface area contributed by atoms with Crippen molar-refractivity contribution in [1.29, 1.82) is 0 Å². The first-order chi connectivity index (χ1) is 12.0. The van der Waals surface area contributed by atoms with Crippen LogP contribution in [0.2, 0.25) is 0 Å². The maximum atomic E-state index is 12.1. The molecule has 2 heterocycles. The lowest BCUT2D eigenvalue weighted by molar-refractivity contribution is -0.213. The van der Waals surface area contributed by atoms with Crippen LogP contribution in [0.4, 0.5) is 10.6 Å². The molecule has 9 nitrogen and oxygen atoms in total. The van der Waals surface area contributed by atoms with Crippen molar-refractivity contribution in [1.82, 2.24) is 15.3 Å². The summed E-state index contributed by atoms with van der Waals surface area (Å²) in [5.74, 6) is -1.73. The summed E-state index contributed by atoms with van der Waals surface area (Å²) in [7, 11) is 2.91. The molecule has 25 heavy (non-hydrogen) atoms. The Kier molecular flexibility index (Phi) is 5.98. The first-order valence-electron chi connectivity index (χ1n) is 7.34. The largest absolute Gasteiger partial charge is 0.364 e. The number of aromatic nitrogens is 2. The number of carbonyl (C=O) groups is 2. The lowest BCUT2D eigenvalue weighted by Crippen LogP contribution is -2.45. The summed E-state index contributed by atoms with van der Waals surface area (Å²) in [4.78, 5) is 31.3. The quantitative estimate of drug-likeness (QED) is 0.638. The first kappa shape index (κ1) is 18.3. The van der Waals surface area contributed by atoms with Crippen molar-refractivity contribution in [3.63, 3.8) is 0 Å². The molecule has 0 aliphatic heterocycles. The first-order valence-corrected chi connectivity index (χ1v) is 7.34. The van der Waals surface area contributed by atoms with Crippen molar-refractivity contribution in [2.75, 3.05) is 26.1 Å². The maximum Gasteiger partial charge on any atom is 0.320 e. The highest BCUT2D eigenvalue weighted by Crippen LogP contribution is 2.23. The van der Waals surface area contributed by atoms with Gasteiger partial charge in [-0.25, -0.2) is 9.78 Å². The zero-order chi connectivity index (χ0) is 18.3. The summed E-state index contributed by atoms with van der Waals surface area (Å²) in [6.45, 7) is -0.00163. The Morgan fingerprint density at radius 3 is 2.52 bits per heavy atom. The number of rotatable bonds is 7. The predicted octanol–water partition coefficient (Wildman–Crippen LogP) is 0.843. The predicted molar refractivity (Wildman–Crippen MR) is 89.7 cm³/mol. The number of hydrogen-bond donors (Lipinski definition) is 3. The number of hydrogen-bond acceptors (Lipinski definition) is 6. The summed E-state index contributed by atoms with van der Waals surface area (Å²) >= 11 is 0. The van der Waals surface area contributed by atoms with Crippen LogP contribution in [0, 0.1) is 0 Å². The maximum absolute atomic E-state index is 12.1. The van der Waals surface area contributed by atoms with Crippen molar-refractivity contribution in [3.05, 3.63) is 54.0 Å². The SMILES string of the molecule is COC(CNC(=O)Nc1cccc(C(N)=O)n1)(OC)c1ccccn1. The topological polar surface area (TPSA) is 128 Å². The number of nitrogens with two attached hydrogens (primary N) is 1. The van der Waals surface area contributed by atoms with Crippen LogP contribution in [0.25, 0.3) is 0 Å². The number of primary amides is 1. The van der Waals surface area contributed by atoms with Gasteiger partial charge >= 0.3 is 6.03 Å². The fourth-order valence-electron chi connectivity index (χ4n) is 2.11. The highest BCUT2D eigenvalue weighted by molar-refractivity contribution is 5.92. The van der Waals surface area contributed by atoms with Gasteiger partial charge in [-0.3, -0.25) is 15.1 Å². The minimum Gasteiger partial charge on any atom is -0.364 e. The zero-order valence-corrected chi connectivity index (χ0v) is 13.9. The van der Waals surface area contributed by atoms with Crippen molar-refractivity contribution in [2.24, 2.45) is 5.73 Å². The van der Waals surface area contributed by atoms with Crippen LogP contribution in [0.15, 0.2) is 42.6 Å². The fourth-order valence-corrected chi connectivity index (χ4v) is 2.11. The molecule has 0 aliphatic rings. The second-order valence-electron chi connectivity index (χ2n) is 4.96. The van der Waals surface area contributed by atoms with Crippen LogP contribution in [-0.4, -0.2) is 42.7 Å². The summed E-state index contributed by atoms with van der Waals surface area (Å²) < 4.78 is 10.8. The van der Waals surface area contributed by atoms with Crippen LogP contribution in [0.1, 0.15) is 16.2 Å². The monoisotopic (exact) mass is 345 g/mol. The third kappa shape index (κ3) is 4.49. The number of amides is 3. The Bertz CT molecular complexity index is 734. The van der Waals surface area contributed by atoms with E-state index < -0.39 is 17.7 Å². The van der Waals surface area contributed by atoms with Crippen LogP contribution in [0.5, 0.6) is 0 Å². The summed E-state index contributed by atoms with van der Waals surface area (Å²) in [5, 5.41) is 5.13. The number of nitrogens with one attached hydrogen (secondary N) is 2. The Hall–Kier alpha value is -3.04. The summed E-state index contributed by atoms with van der Waals surface area (Å²) in [6.07, 6.45) is 1.60. The average molecular weight is 345 g/mol. The molecule has 9 heteroatoms. The molecule has 2 aromatic rings. The van der Waals surface area contributed by atoms with Crippen LogP contribution >= 0.6 is 0 Å². The number of urea groups is 1. The Labute approximate surface area is 144 Å². The Morgan fingerprint density at radius 1 is 1.16 bits per heavy atom. The molecule has 0 aliphatic carbocycles. The van der Waals surface area contributed by atoms with E-state index in [2.05, 4.69) is 20.6 Å². The van der Waals surface area contributed by atoms with E-state index >= 15 is 0 Å². The van der Waals surface area contributed by atoms with Gasteiger partial charge in [0.1, 0.15) is 17.2 Å². The normalized spacial score (nSPS) is 11.0. The molecule has 0 saturated carbocycles. The van der Waals surface area contributed by atoms with Gasteiger partial charge in [-0.05, 0) is 24.3 Å². The van der Waals surface area contributed by atoms with E-state index in [1.165, 1.54) is 26.4 Å². The molecule has 0 radical (unpaired) electrons. The van der Waals surface area contributed by atoms with Gasteiger partial charge in [-0.15, -0.1) is 0 Å². The van der Waals surface area contributed by atoms with Crippen LogP contribution in [0.3, 0.4) is 0 Å². The second kappa shape index (κ2) is 8.18. The molecular formula is C16H19N5O4. The molecule has 0 unspecified atom stereocenters. The standard InChI is InChI=1S/C16H19N5O4/c1-24-16(25-2,12-7-3-4-9-18-12)10-19-15(23)21-13-8-5-6-11(20-13)14(17)22/h3-9H,10H2,1-2H3,(H2,17,22)(H2,19,20,21,23). The molecule has 0 spiro atoms. The third-order valence-corrected chi connectivity index (χ3v) is 3.44. The number of nitrogens with zero attached hydrogens (tertiary/aromatic N) is 2. The van der Waals surface area contributed by atoms with E-state index in [9.17, 15) is 9.59 Å². The number of pyridine rings is 2. The van der Waals surface area contributed by atoms with E-state index in [1.54, 1.807) is 30.5 Å². The van der Waals surface area contributed by atoms with Crippen molar-refractivity contribution in [3.8, 4) is 0 Å². The zero-order valence-electron chi connectivity index (χ0n) is 13.9. The highest BCUT2D eigenvalue weighted by atomic mass is 16.7. The molecule has 0 fully saturated rings. The van der Waals surface area contributed by atoms with Gasteiger partial charge in [0.25, 0.3) is 5.91 Å². The van der Waals surface area contributed by atoms with E-state index in [-0.39, 0.29) is 18.1 Å². The lowest BCUT2D eigenvalue weighted by Gasteiger charge is -2.30. The minimum atomic E-state index is -1.24. The number of methoxy groups -OCH3 is 2. The van der Waals surface area contributed by atoms with E-state index in [4.69, 9.17) is 15.2 Å². The molecule has 0 atom stereocenters. The van der Waals surface area contributed by atoms with Crippen LogP contribution in [-0.2, 0) is 15.3 Å². The molecule has 4 N–H and O–H groups in total. The van der Waals surface area contributed by atoms with Gasteiger partial charge in [-0.2, -0.15) is 0 Å². The molecule has 132 valence electrons. The molecule has 2 rings (SSSR count).